The van der Waals surface area contributed by atoms with Gasteiger partial charge in [0.2, 0.25) is 0 Å². The monoisotopic (exact) mass is 980 g/mol. The second kappa shape index (κ2) is 16.1. The number of para-hydroxylation sites is 6. The molecule has 0 fully saturated rings. The zero-order valence-electron chi connectivity index (χ0n) is 41.6. The molecular weight excluding hydrogens is 937 g/mol. The first-order valence-electron chi connectivity index (χ1n) is 26.4. The summed E-state index contributed by atoms with van der Waals surface area (Å²) in [6, 6.07) is 97.3. The van der Waals surface area contributed by atoms with Crippen LogP contribution in [0.25, 0.3) is 154 Å². The second-order valence-corrected chi connectivity index (χ2v) is 20.4. The van der Waals surface area contributed by atoms with Crippen LogP contribution in [-0.2, 0) is 0 Å². The molecule has 0 saturated heterocycles. The summed E-state index contributed by atoms with van der Waals surface area (Å²) in [6.45, 7) is 0. The molecule has 0 spiro atoms. The van der Waals surface area contributed by atoms with Gasteiger partial charge in [0.15, 0.2) is 0 Å². The Kier molecular flexibility index (Phi) is 8.77. The van der Waals surface area contributed by atoms with Crippen LogP contribution in [0.4, 0.5) is 0 Å². The van der Waals surface area contributed by atoms with E-state index in [2.05, 4.69) is 285 Å². The molecule has 0 aliphatic carbocycles. The Morgan fingerprint density at radius 3 is 1.13 bits per heavy atom. The maximum Gasteiger partial charge on any atom is 0.145 e. The molecule has 0 saturated carbocycles. The van der Waals surface area contributed by atoms with E-state index < -0.39 is 0 Å². The molecule has 0 atom stereocenters. The first-order valence-corrected chi connectivity index (χ1v) is 26.4. The normalized spacial score (nSPS) is 12.2. The van der Waals surface area contributed by atoms with Crippen molar-refractivity contribution in [1.82, 2.24) is 18.3 Å². The van der Waals surface area contributed by atoms with Gasteiger partial charge in [-0.3, -0.25) is 0 Å². The molecule has 5 nitrogen and oxygen atoms in total. The average molecular weight is 981 g/mol. The highest BCUT2D eigenvalue weighted by atomic mass is 16.3. The van der Waals surface area contributed by atoms with Gasteiger partial charge in [0, 0.05) is 71.2 Å². The smallest absolute Gasteiger partial charge is 0.145 e. The van der Waals surface area contributed by atoms with Crippen molar-refractivity contribution in [3.63, 3.8) is 0 Å². The lowest BCUT2D eigenvalue weighted by Crippen LogP contribution is -1.94. The fourth-order valence-corrected chi connectivity index (χ4v) is 13.0. The molecule has 0 aliphatic rings. The van der Waals surface area contributed by atoms with Gasteiger partial charge in [0.25, 0.3) is 0 Å². The molecule has 0 amide bonds. The number of aromatic nitrogens is 4. The van der Waals surface area contributed by atoms with Crippen LogP contribution in [0.15, 0.2) is 271 Å². The van der Waals surface area contributed by atoms with E-state index in [1.165, 1.54) is 76.6 Å². The largest absolute Gasteiger partial charge is 0.455 e. The van der Waals surface area contributed by atoms with E-state index in [4.69, 9.17) is 4.42 Å². The molecule has 0 unspecified atom stereocenters. The summed E-state index contributed by atoms with van der Waals surface area (Å²) in [5, 5.41) is 11.9. The third-order valence-corrected chi connectivity index (χ3v) is 16.3. The summed E-state index contributed by atoms with van der Waals surface area (Å²) >= 11 is 0. The van der Waals surface area contributed by atoms with Crippen LogP contribution >= 0.6 is 0 Å². The van der Waals surface area contributed by atoms with Gasteiger partial charge in [0.05, 0.1) is 49.5 Å². The molecule has 17 rings (SSSR count). The molecular formula is C72H44N4O. The fraction of sp³-hybridized carbons (Fsp3) is 0. The first kappa shape index (κ1) is 42.0. The summed E-state index contributed by atoms with van der Waals surface area (Å²) in [5.74, 6) is 0. The number of furan rings is 1. The number of fused-ring (bicyclic) bond motifs is 16. The molecule has 0 aliphatic heterocycles. The van der Waals surface area contributed by atoms with E-state index in [-0.39, 0.29) is 0 Å². The van der Waals surface area contributed by atoms with Gasteiger partial charge in [-0.1, -0.05) is 140 Å². The Bertz CT molecular complexity index is 5280. The van der Waals surface area contributed by atoms with Gasteiger partial charge >= 0.3 is 0 Å². The van der Waals surface area contributed by atoms with Crippen LogP contribution in [0, 0.1) is 0 Å². The molecule has 12 aromatic carbocycles. The standard InChI is InChI=1S/C72H44N4O/c1-3-17-49(18-4-1)73-62-26-11-7-22-53(62)58-41-46(30-35-66(58)73)45-16-15-21-51(40-45)76-65-29-14-10-25-57(65)71-69(76)38-34-56-61-44-52(33-39-70(61)77-72(56)71)75-64-28-13-9-24-55(64)60-43-48(32-37-68(60)75)47-31-36-67-59(42-47)54-23-8-12-27-63(54)74(67)50-19-5-2-6-20-50/h1-44H. The molecule has 0 radical (unpaired) electrons. The quantitative estimate of drug-likeness (QED) is 0.163. The zero-order chi connectivity index (χ0) is 50.3. The minimum Gasteiger partial charge on any atom is -0.455 e. The Morgan fingerprint density at radius 2 is 0.597 bits per heavy atom. The zero-order valence-corrected chi connectivity index (χ0v) is 41.6. The van der Waals surface area contributed by atoms with Crippen LogP contribution in [0.5, 0.6) is 0 Å². The van der Waals surface area contributed by atoms with Crippen molar-refractivity contribution in [2.45, 2.75) is 0 Å². The van der Waals surface area contributed by atoms with Crippen LogP contribution in [-0.4, -0.2) is 18.3 Å². The minimum atomic E-state index is 0.867. The van der Waals surface area contributed by atoms with E-state index >= 15 is 0 Å². The summed E-state index contributed by atoms with van der Waals surface area (Å²) in [4.78, 5) is 0. The maximum absolute atomic E-state index is 7.00. The third-order valence-electron chi connectivity index (χ3n) is 16.3. The number of hydrogen-bond donors (Lipinski definition) is 0. The van der Waals surface area contributed by atoms with E-state index in [1.54, 1.807) is 0 Å². The van der Waals surface area contributed by atoms with E-state index in [0.29, 0.717) is 0 Å². The Balaban J connectivity index is 0.780. The molecule has 5 heteroatoms. The predicted octanol–water partition coefficient (Wildman–Crippen LogP) is 19.3. The van der Waals surface area contributed by atoms with Crippen molar-refractivity contribution in [2.75, 3.05) is 0 Å². The van der Waals surface area contributed by atoms with Crippen molar-refractivity contribution >= 4 is 109 Å². The lowest BCUT2D eigenvalue weighted by atomic mass is 10.0. The molecule has 0 N–H and O–H groups in total. The van der Waals surface area contributed by atoms with Crippen LogP contribution in [0.3, 0.4) is 0 Å². The summed E-state index contributed by atoms with van der Waals surface area (Å²) in [7, 11) is 0. The van der Waals surface area contributed by atoms with Crippen LogP contribution in [0.2, 0.25) is 0 Å². The summed E-state index contributed by atoms with van der Waals surface area (Å²) < 4.78 is 16.6. The summed E-state index contributed by atoms with van der Waals surface area (Å²) in [5.41, 5.74) is 20.4. The Hall–Kier alpha value is -10.4. The third kappa shape index (κ3) is 6.11. The average Bonchev–Trinajstić information content (AvgIpc) is 4.50. The van der Waals surface area contributed by atoms with Crippen molar-refractivity contribution in [1.29, 1.82) is 0 Å². The lowest BCUT2D eigenvalue weighted by molar-refractivity contribution is 0.673. The fourth-order valence-electron chi connectivity index (χ4n) is 13.0. The molecule has 77 heavy (non-hydrogen) atoms. The highest BCUT2D eigenvalue weighted by molar-refractivity contribution is 6.24. The molecule has 5 aromatic heterocycles. The number of rotatable bonds is 6. The minimum absolute atomic E-state index is 0.867. The molecule has 17 aromatic rings. The van der Waals surface area contributed by atoms with E-state index in [0.717, 1.165) is 77.6 Å². The topological polar surface area (TPSA) is 32.9 Å². The van der Waals surface area contributed by atoms with Crippen LogP contribution < -0.4 is 0 Å². The van der Waals surface area contributed by atoms with Gasteiger partial charge in [-0.25, -0.2) is 0 Å². The molecule has 358 valence electrons. The van der Waals surface area contributed by atoms with Gasteiger partial charge in [-0.2, -0.15) is 0 Å². The van der Waals surface area contributed by atoms with Crippen LogP contribution in [0.1, 0.15) is 0 Å². The lowest BCUT2D eigenvalue weighted by Gasteiger charge is -2.11. The highest BCUT2D eigenvalue weighted by Crippen LogP contribution is 2.44. The van der Waals surface area contributed by atoms with Gasteiger partial charge in [0.1, 0.15) is 11.2 Å². The van der Waals surface area contributed by atoms with Crippen molar-refractivity contribution in [3.05, 3.63) is 267 Å². The van der Waals surface area contributed by atoms with Gasteiger partial charge < -0.3 is 22.7 Å². The maximum atomic E-state index is 7.00. The van der Waals surface area contributed by atoms with E-state index in [9.17, 15) is 0 Å². The van der Waals surface area contributed by atoms with Crippen molar-refractivity contribution < 1.29 is 4.42 Å². The summed E-state index contributed by atoms with van der Waals surface area (Å²) in [6.07, 6.45) is 0. The molecule has 5 heterocycles. The van der Waals surface area contributed by atoms with Gasteiger partial charge in [-0.15, -0.1) is 0 Å². The number of hydrogen-bond acceptors (Lipinski definition) is 1. The number of nitrogens with zero attached hydrogens (tertiary/aromatic N) is 4. The number of benzene rings is 12. The highest BCUT2D eigenvalue weighted by Gasteiger charge is 2.22. The van der Waals surface area contributed by atoms with E-state index in [1.807, 2.05) is 0 Å². The SMILES string of the molecule is c1ccc(-n2c3ccccc3c3cc(-c4cccc(-n5c6ccccc6c6c7oc8ccc(-n9c%10ccccc%10c%10cc(-c%11ccc%12c(c%11)c%11ccccc%11n%12-c%11ccccc%11)ccc%109)cc8c7ccc65)c4)ccc32)cc1. The Labute approximate surface area is 441 Å². The van der Waals surface area contributed by atoms with Gasteiger partial charge in [-0.05, 0) is 150 Å². The first-order chi connectivity index (χ1) is 38.2. The predicted molar refractivity (Wildman–Crippen MR) is 322 cm³/mol. The van der Waals surface area contributed by atoms with Crippen molar-refractivity contribution in [2.24, 2.45) is 0 Å². The second-order valence-electron chi connectivity index (χ2n) is 20.4. The van der Waals surface area contributed by atoms with Crippen molar-refractivity contribution in [3.8, 4) is 45.0 Å². The Morgan fingerprint density at radius 1 is 0.208 bits per heavy atom. The molecule has 0 bridgehead atoms.